The summed E-state index contributed by atoms with van der Waals surface area (Å²) in [4.78, 5) is 0. The van der Waals surface area contributed by atoms with E-state index in [1.54, 1.807) is 22.3 Å². The number of furan rings is 1. The number of rotatable bonds is 37. The van der Waals surface area contributed by atoms with E-state index < -0.39 is 0 Å². The van der Waals surface area contributed by atoms with Crippen molar-refractivity contribution in [3.63, 3.8) is 0 Å². The zero-order chi connectivity index (χ0) is 72.0. The van der Waals surface area contributed by atoms with E-state index in [0.29, 0.717) is 5.92 Å². The first kappa shape index (κ1) is 75.2. The Balaban J connectivity index is 1.10. The standard InChI is InChI=1S/C100H128OS/c1-16-26-30-32-34-40-58-99(59-41-35-33-31-27-17-2)88-66-74(95(11,12)22-7)52-54-79(88)80-55-53-75(67-89(80)99)98(15,57-21-6)96(13,23-8)76-61-73(71-51-56-92-85(63-71)86-68-84-81-47-38-39-50-90(81)101-91(84)69-93(86)102-92)62-77(65-76)97(14,24-9)100(25-10,60-29-19-4)87-49-42-48-82-83(87)64-72-45-36-37-46-78(72)94(82)70(43-20-5)44-28-18-3/h36-39,42,45-56,61-70H,16-35,40-41,43-44,57-60H2,1-15H3. The van der Waals surface area contributed by atoms with Crippen LogP contribution in [0.3, 0.4) is 0 Å². The normalized spacial score (nSPS) is 15.9. The average molecular weight is 1380 g/mol. The molecule has 0 radical (unpaired) electrons. The molecule has 0 bridgehead atoms. The maximum Gasteiger partial charge on any atom is 0.136 e. The topological polar surface area (TPSA) is 13.1 Å². The lowest BCUT2D eigenvalue weighted by Gasteiger charge is -2.52. The Bertz CT molecular complexity index is 4660. The van der Waals surface area contributed by atoms with Crippen LogP contribution in [0.4, 0.5) is 0 Å². The molecule has 0 aliphatic heterocycles. The first-order valence-electron chi connectivity index (χ1n) is 41.6. The fourth-order valence-electron chi connectivity index (χ4n) is 20.3. The van der Waals surface area contributed by atoms with Crippen LogP contribution in [0.1, 0.15) is 334 Å². The Kier molecular flexibility index (Phi) is 23.7. The van der Waals surface area contributed by atoms with Gasteiger partial charge in [0.25, 0.3) is 0 Å². The molecule has 102 heavy (non-hydrogen) atoms. The summed E-state index contributed by atoms with van der Waals surface area (Å²) in [6.45, 7) is 37.6. The Morgan fingerprint density at radius 3 is 1.62 bits per heavy atom. The highest BCUT2D eigenvalue weighted by atomic mass is 32.1. The summed E-state index contributed by atoms with van der Waals surface area (Å²) < 4.78 is 9.15. The van der Waals surface area contributed by atoms with Crippen LogP contribution in [0.5, 0.6) is 0 Å². The summed E-state index contributed by atoms with van der Waals surface area (Å²) in [5.41, 5.74) is 19.1. The van der Waals surface area contributed by atoms with Crippen molar-refractivity contribution in [1.82, 2.24) is 0 Å². The number of hydrogen-bond acceptors (Lipinski definition) is 2. The predicted molar refractivity (Wildman–Crippen MR) is 452 cm³/mol. The highest BCUT2D eigenvalue weighted by molar-refractivity contribution is 7.25. The minimum absolute atomic E-state index is 0.0359. The quantitative estimate of drug-likeness (QED) is 0.0279. The van der Waals surface area contributed by atoms with Crippen LogP contribution in [0.25, 0.3) is 85.9 Å². The first-order valence-corrected chi connectivity index (χ1v) is 42.5. The molecule has 0 fully saturated rings. The minimum Gasteiger partial charge on any atom is -0.456 e. The molecule has 0 N–H and O–H groups in total. The van der Waals surface area contributed by atoms with E-state index in [1.165, 1.54) is 225 Å². The van der Waals surface area contributed by atoms with Gasteiger partial charge in [0.2, 0.25) is 0 Å². The molecular weight excluding hydrogens is 1250 g/mol. The molecule has 9 aromatic carbocycles. The predicted octanol–water partition coefficient (Wildman–Crippen LogP) is 32.1. The Morgan fingerprint density at radius 2 is 0.971 bits per heavy atom. The zero-order valence-electron chi connectivity index (χ0n) is 66.2. The summed E-state index contributed by atoms with van der Waals surface area (Å²) >= 11 is 1.90. The van der Waals surface area contributed by atoms with Gasteiger partial charge >= 0.3 is 0 Å². The molecule has 0 spiro atoms. The number of para-hydroxylation sites is 1. The number of benzene rings is 9. The second-order valence-corrected chi connectivity index (χ2v) is 34.5. The van der Waals surface area contributed by atoms with E-state index in [9.17, 15) is 0 Å². The SMILES string of the molecule is CCCCCCCCC1(CCCCCCCC)c2cc(C(C)(C)CC)ccc2-c2ccc(C(C)(CCC)C(C)(CC)c3cc(-c4ccc5sc6cc7oc8ccccc8c7cc6c5c4)cc(C(C)(CC)C(CC)(CCCC)c4cccc5c(C(CCC)CCCC)c6ccccc6cc45)c3)cc21. The van der Waals surface area contributed by atoms with Gasteiger partial charge in [-0.15, -0.1) is 11.3 Å². The van der Waals surface area contributed by atoms with Crippen molar-refractivity contribution < 1.29 is 4.42 Å². The molecule has 5 atom stereocenters. The van der Waals surface area contributed by atoms with Gasteiger partial charge in [-0.3, -0.25) is 0 Å². The van der Waals surface area contributed by atoms with Gasteiger partial charge in [-0.1, -0.05) is 341 Å². The summed E-state index contributed by atoms with van der Waals surface area (Å²) in [6.07, 6.45) is 34.2. The third-order valence-corrected chi connectivity index (χ3v) is 28.6. The van der Waals surface area contributed by atoms with Gasteiger partial charge < -0.3 is 4.42 Å². The number of hydrogen-bond donors (Lipinski definition) is 0. The van der Waals surface area contributed by atoms with E-state index in [2.05, 4.69) is 262 Å². The Hall–Kier alpha value is -6.48. The van der Waals surface area contributed by atoms with E-state index >= 15 is 0 Å². The van der Waals surface area contributed by atoms with E-state index in [4.69, 9.17) is 4.42 Å². The largest absolute Gasteiger partial charge is 0.456 e. The summed E-state index contributed by atoms with van der Waals surface area (Å²) in [5, 5.41) is 10.8. The van der Waals surface area contributed by atoms with Crippen LogP contribution in [0, 0.1) is 0 Å². The zero-order valence-corrected chi connectivity index (χ0v) is 67.0. The molecule has 12 rings (SSSR count). The van der Waals surface area contributed by atoms with Gasteiger partial charge in [0, 0.05) is 58.0 Å². The van der Waals surface area contributed by atoms with E-state index in [0.717, 1.165) is 62.5 Å². The van der Waals surface area contributed by atoms with Crippen LogP contribution in [0.15, 0.2) is 162 Å². The molecule has 0 saturated heterocycles. The number of unbranched alkanes of at least 4 members (excludes halogenated alkanes) is 12. The van der Waals surface area contributed by atoms with E-state index in [-0.39, 0.29) is 32.5 Å². The van der Waals surface area contributed by atoms with Crippen LogP contribution in [0.2, 0.25) is 0 Å². The molecule has 1 aliphatic rings. The monoisotopic (exact) mass is 1380 g/mol. The lowest BCUT2D eigenvalue weighted by molar-refractivity contribution is 0.192. The van der Waals surface area contributed by atoms with Gasteiger partial charge in [-0.05, 0) is 200 Å². The second kappa shape index (κ2) is 32.1. The lowest BCUT2D eigenvalue weighted by atomic mass is 9.51. The highest BCUT2D eigenvalue weighted by Gasteiger charge is 2.52. The Morgan fingerprint density at radius 1 is 0.363 bits per heavy atom. The van der Waals surface area contributed by atoms with Gasteiger partial charge in [-0.2, -0.15) is 0 Å². The molecule has 2 aromatic heterocycles. The third kappa shape index (κ3) is 13.6. The fraction of sp³-hybridized carbons (Fsp3) is 0.500. The molecule has 2 heterocycles. The van der Waals surface area contributed by atoms with Crippen LogP contribution >= 0.6 is 11.3 Å². The van der Waals surface area contributed by atoms with Crippen molar-refractivity contribution in [3.05, 3.63) is 202 Å². The first-order chi connectivity index (χ1) is 49.5. The molecule has 5 unspecified atom stereocenters. The molecule has 540 valence electrons. The van der Waals surface area contributed by atoms with Gasteiger partial charge in [0.05, 0.1) is 0 Å². The van der Waals surface area contributed by atoms with Crippen molar-refractivity contribution in [1.29, 1.82) is 0 Å². The van der Waals surface area contributed by atoms with Crippen molar-refractivity contribution in [3.8, 4) is 22.3 Å². The van der Waals surface area contributed by atoms with Crippen molar-refractivity contribution in [2.75, 3.05) is 0 Å². The third-order valence-electron chi connectivity index (χ3n) is 27.5. The van der Waals surface area contributed by atoms with E-state index in [1.807, 2.05) is 11.3 Å². The molecular formula is C100H128OS. The summed E-state index contributed by atoms with van der Waals surface area (Å²) in [5.74, 6) is 0.512. The second-order valence-electron chi connectivity index (χ2n) is 33.5. The maximum absolute atomic E-state index is 6.55. The van der Waals surface area contributed by atoms with Crippen LogP contribution in [-0.2, 0) is 32.5 Å². The molecule has 1 aliphatic carbocycles. The molecule has 11 aromatic rings. The molecule has 0 amide bonds. The molecule has 2 heteroatoms. The summed E-state index contributed by atoms with van der Waals surface area (Å²) in [7, 11) is 0. The average Bonchev–Trinajstić information content (AvgIpc) is 1.08. The molecule has 0 saturated carbocycles. The van der Waals surface area contributed by atoms with Crippen molar-refractivity contribution in [2.24, 2.45) is 0 Å². The minimum atomic E-state index is -0.271. The van der Waals surface area contributed by atoms with Gasteiger partial charge in [0.1, 0.15) is 11.2 Å². The highest BCUT2D eigenvalue weighted by Crippen LogP contribution is 2.61. The Labute approximate surface area is 621 Å². The van der Waals surface area contributed by atoms with Crippen molar-refractivity contribution >= 4 is 75.0 Å². The van der Waals surface area contributed by atoms with Gasteiger partial charge in [-0.25, -0.2) is 0 Å². The van der Waals surface area contributed by atoms with Crippen LogP contribution in [-0.4, -0.2) is 0 Å². The van der Waals surface area contributed by atoms with Gasteiger partial charge in [0.15, 0.2) is 0 Å². The smallest absolute Gasteiger partial charge is 0.136 e. The van der Waals surface area contributed by atoms with Crippen LogP contribution < -0.4 is 0 Å². The van der Waals surface area contributed by atoms with Crippen molar-refractivity contribution in [2.45, 2.75) is 322 Å². The number of fused-ring (bicyclic) bond motifs is 11. The molecule has 1 nitrogen and oxygen atoms in total. The fourth-order valence-corrected chi connectivity index (χ4v) is 21.4. The number of thiophene rings is 1. The maximum atomic E-state index is 6.55. The lowest BCUT2D eigenvalue weighted by Crippen LogP contribution is -2.48. The summed E-state index contributed by atoms with van der Waals surface area (Å²) in [6, 6.07) is 64.8.